The molecule has 1 N–H and O–H groups in total. The molecule has 0 fully saturated rings. The van der Waals surface area contributed by atoms with Crippen LogP contribution in [0.2, 0.25) is 0 Å². The van der Waals surface area contributed by atoms with Crippen LogP contribution in [-0.2, 0) is 20.0 Å². The van der Waals surface area contributed by atoms with Crippen molar-refractivity contribution in [1.82, 2.24) is 25.3 Å². The normalized spacial score (nSPS) is 12.9. The molecule has 6 heteroatoms. The Hall–Kier alpha value is -1.27. The maximum atomic E-state index is 4.42. The minimum atomic E-state index is 0.252. The molecule has 1 atom stereocenters. The maximum Gasteiger partial charge on any atom is 0.109 e. The van der Waals surface area contributed by atoms with Crippen molar-refractivity contribution in [3.63, 3.8) is 0 Å². The third kappa shape index (κ3) is 3.10. The molecule has 17 heavy (non-hydrogen) atoms. The van der Waals surface area contributed by atoms with Crippen LogP contribution in [0.25, 0.3) is 0 Å². The van der Waals surface area contributed by atoms with Crippen LogP contribution in [0.1, 0.15) is 35.5 Å². The van der Waals surface area contributed by atoms with Gasteiger partial charge in [-0.15, -0.1) is 16.4 Å². The smallest absolute Gasteiger partial charge is 0.109 e. The summed E-state index contributed by atoms with van der Waals surface area (Å²) in [6.45, 7) is 4.99. The predicted molar refractivity (Wildman–Crippen MR) is 67.7 cm³/mol. The number of aromatic nitrogens is 4. The first kappa shape index (κ1) is 12.2. The molecule has 2 aromatic rings. The Morgan fingerprint density at radius 2 is 2.35 bits per heavy atom. The van der Waals surface area contributed by atoms with Crippen molar-refractivity contribution in [2.75, 3.05) is 0 Å². The number of nitrogens with one attached hydrogen (secondary N) is 1. The first-order valence-electron chi connectivity index (χ1n) is 5.72. The fraction of sp³-hybridized carbons (Fsp3) is 0.545. The van der Waals surface area contributed by atoms with Crippen LogP contribution in [0.5, 0.6) is 0 Å². The first-order chi connectivity index (χ1) is 8.19. The lowest BCUT2D eigenvalue weighted by Gasteiger charge is -2.08. The lowest BCUT2D eigenvalue weighted by atomic mass is 10.3. The van der Waals surface area contributed by atoms with Gasteiger partial charge < -0.3 is 5.32 Å². The Morgan fingerprint density at radius 1 is 1.53 bits per heavy atom. The second-order valence-corrected chi connectivity index (χ2v) is 5.15. The van der Waals surface area contributed by atoms with E-state index in [-0.39, 0.29) is 6.04 Å². The van der Waals surface area contributed by atoms with Gasteiger partial charge in [0.1, 0.15) is 5.01 Å². The van der Waals surface area contributed by atoms with Gasteiger partial charge in [-0.05, 0) is 13.3 Å². The zero-order valence-corrected chi connectivity index (χ0v) is 11.2. The van der Waals surface area contributed by atoms with Crippen molar-refractivity contribution in [1.29, 1.82) is 0 Å². The molecule has 0 saturated carbocycles. The van der Waals surface area contributed by atoms with Crippen LogP contribution in [0.4, 0.5) is 0 Å². The van der Waals surface area contributed by atoms with Gasteiger partial charge in [0.05, 0.1) is 11.7 Å². The number of rotatable bonds is 5. The molecular weight excluding hydrogens is 234 g/mol. The standard InChI is InChI=1S/C11H17N5S/c1-4-10-6-13-11(17-10)8(2)12-5-9-7-16(3)15-14-9/h6-8,12H,4-5H2,1-3H3. The van der Waals surface area contributed by atoms with E-state index in [1.807, 2.05) is 19.4 Å². The Labute approximate surface area is 105 Å². The van der Waals surface area contributed by atoms with Crippen LogP contribution in [0.3, 0.4) is 0 Å². The highest BCUT2D eigenvalue weighted by molar-refractivity contribution is 7.11. The highest BCUT2D eigenvalue weighted by atomic mass is 32.1. The Balaban J connectivity index is 1.90. The topological polar surface area (TPSA) is 55.6 Å². The second-order valence-electron chi connectivity index (χ2n) is 4.00. The second kappa shape index (κ2) is 5.37. The monoisotopic (exact) mass is 251 g/mol. The van der Waals surface area contributed by atoms with E-state index in [1.54, 1.807) is 16.0 Å². The van der Waals surface area contributed by atoms with Crippen molar-refractivity contribution < 1.29 is 0 Å². The van der Waals surface area contributed by atoms with E-state index in [0.29, 0.717) is 0 Å². The molecule has 0 aliphatic heterocycles. The average Bonchev–Trinajstić information content (AvgIpc) is 2.94. The fourth-order valence-corrected chi connectivity index (χ4v) is 2.39. The number of nitrogens with zero attached hydrogens (tertiary/aromatic N) is 4. The molecule has 0 aromatic carbocycles. The summed E-state index contributed by atoms with van der Waals surface area (Å²) in [6, 6.07) is 0.252. The molecule has 0 aliphatic rings. The van der Waals surface area contributed by atoms with Crippen LogP contribution in [-0.4, -0.2) is 20.0 Å². The van der Waals surface area contributed by atoms with Gasteiger partial charge in [0.15, 0.2) is 0 Å². The van der Waals surface area contributed by atoms with E-state index in [9.17, 15) is 0 Å². The Morgan fingerprint density at radius 3 is 2.94 bits per heavy atom. The van der Waals surface area contributed by atoms with Gasteiger partial charge in [-0.25, -0.2) is 4.98 Å². The summed E-state index contributed by atoms with van der Waals surface area (Å²) in [5, 5.41) is 12.5. The molecule has 0 aliphatic carbocycles. The van der Waals surface area contributed by atoms with Crippen molar-refractivity contribution in [2.45, 2.75) is 32.9 Å². The molecule has 0 amide bonds. The molecule has 0 spiro atoms. The van der Waals surface area contributed by atoms with E-state index in [1.165, 1.54) is 4.88 Å². The van der Waals surface area contributed by atoms with Crippen LogP contribution in [0.15, 0.2) is 12.4 Å². The third-order valence-electron chi connectivity index (χ3n) is 2.53. The molecule has 0 bridgehead atoms. The molecule has 0 saturated heterocycles. The molecule has 1 unspecified atom stereocenters. The fourth-order valence-electron chi connectivity index (χ4n) is 1.51. The molecule has 2 rings (SSSR count). The summed E-state index contributed by atoms with van der Waals surface area (Å²) in [4.78, 5) is 5.75. The lowest BCUT2D eigenvalue weighted by Crippen LogP contribution is -2.18. The predicted octanol–water partition coefficient (Wildman–Crippen LogP) is 1.68. The Kier molecular flexibility index (Phi) is 3.86. The van der Waals surface area contributed by atoms with Gasteiger partial charge in [0.25, 0.3) is 0 Å². The average molecular weight is 251 g/mol. The number of hydrogen-bond donors (Lipinski definition) is 1. The molecule has 92 valence electrons. The minimum absolute atomic E-state index is 0.252. The molecule has 2 aromatic heterocycles. The van der Waals surface area contributed by atoms with Gasteiger partial charge >= 0.3 is 0 Å². The molecule has 5 nitrogen and oxygen atoms in total. The van der Waals surface area contributed by atoms with Gasteiger partial charge in [0, 0.05) is 30.9 Å². The minimum Gasteiger partial charge on any atom is -0.302 e. The van der Waals surface area contributed by atoms with Gasteiger partial charge in [-0.1, -0.05) is 12.1 Å². The first-order valence-corrected chi connectivity index (χ1v) is 6.54. The van der Waals surface area contributed by atoms with Gasteiger partial charge in [-0.2, -0.15) is 0 Å². The SMILES string of the molecule is CCc1cnc(C(C)NCc2cn(C)nn2)s1. The molecule has 2 heterocycles. The zero-order chi connectivity index (χ0) is 12.3. The molecule has 0 radical (unpaired) electrons. The summed E-state index contributed by atoms with van der Waals surface area (Å²) in [6.07, 6.45) is 4.92. The highest BCUT2D eigenvalue weighted by Crippen LogP contribution is 2.20. The summed E-state index contributed by atoms with van der Waals surface area (Å²) in [5.74, 6) is 0. The lowest BCUT2D eigenvalue weighted by molar-refractivity contribution is 0.564. The van der Waals surface area contributed by atoms with Crippen molar-refractivity contribution in [3.05, 3.63) is 28.0 Å². The number of hydrogen-bond acceptors (Lipinski definition) is 5. The number of thiazole rings is 1. The van der Waals surface area contributed by atoms with E-state index in [2.05, 4.69) is 34.5 Å². The third-order valence-corrected chi connectivity index (χ3v) is 3.85. The Bertz CT molecular complexity index is 476. The van der Waals surface area contributed by atoms with E-state index in [4.69, 9.17) is 0 Å². The van der Waals surface area contributed by atoms with Crippen LogP contribution < -0.4 is 5.32 Å². The number of aryl methyl sites for hydroxylation is 2. The van der Waals surface area contributed by atoms with E-state index < -0.39 is 0 Å². The summed E-state index contributed by atoms with van der Waals surface area (Å²) in [5.41, 5.74) is 0.951. The zero-order valence-electron chi connectivity index (χ0n) is 10.3. The summed E-state index contributed by atoms with van der Waals surface area (Å²) >= 11 is 1.77. The van der Waals surface area contributed by atoms with E-state index >= 15 is 0 Å². The van der Waals surface area contributed by atoms with Gasteiger partial charge in [-0.3, -0.25) is 4.68 Å². The van der Waals surface area contributed by atoms with E-state index in [0.717, 1.165) is 23.7 Å². The maximum absolute atomic E-state index is 4.42. The molecular formula is C11H17N5S. The largest absolute Gasteiger partial charge is 0.302 e. The highest BCUT2D eigenvalue weighted by Gasteiger charge is 2.10. The van der Waals surface area contributed by atoms with Crippen molar-refractivity contribution in [2.24, 2.45) is 7.05 Å². The summed E-state index contributed by atoms with van der Waals surface area (Å²) < 4.78 is 1.71. The summed E-state index contributed by atoms with van der Waals surface area (Å²) in [7, 11) is 1.87. The quantitative estimate of drug-likeness (QED) is 0.878. The van der Waals surface area contributed by atoms with Crippen LogP contribution >= 0.6 is 11.3 Å². The van der Waals surface area contributed by atoms with Crippen molar-refractivity contribution >= 4 is 11.3 Å². The van der Waals surface area contributed by atoms with Gasteiger partial charge in [0.2, 0.25) is 0 Å². The van der Waals surface area contributed by atoms with Crippen LogP contribution in [0, 0.1) is 0 Å². The van der Waals surface area contributed by atoms with Crippen molar-refractivity contribution in [3.8, 4) is 0 Å².